The van der Waals surface area contributed by atoms with Gasteiger partial charge in [0, 0.05) is 31.7 Å². The quantitative estimate of drug-likeness (QED) is 0.356. The zero-order valence-corrected chi connectivity index (χ0v) is 21.5. The first kappa shape index (κ1) is 26.7. The maximum absolute atomic E-state index is 15.0. The second-order valence-electron chi connectivity index (χ2n) is 8.95. The van der Waals surface area contributed by atoms with Gasteiger partial charge < -0.3 is 5.32 Å². The molecule has 206 valence electrons. The van der Waals surface area contributed by atoms with Crippen molar-refractivity contribution in [2.75, 3.05) is 6.54 Å². The minimum absolute atomic E-state index is 0.0391. The number of sulfonamides is 1. The highest BCUT2D eigenvalue weighted by Crippen LogP contribution is 2.31. The Balaban J connectivity index is 1.32. The second kappa shape index (κ2) is 9.68. The summed E-state index contributed by atoms with van der Waals surface area (Å²) in [4.78, 5) is 25.7. The van der Waals surface area contributed by atoms with E-state index < -0.39 is 40.3 Å². The average molecular weight is 567 g/mol. The Labute approximate surface area is 219 Å². The van der Waals surface area contributed by atoms with Crippen LogP contribution in [-0.2, 0) is 36.1 Å². The normalized spacial score (nSPS) is 14.5. The Morgan fingerprint density at radius 1 is 1.15 bits per heavy atom. The van der Waals surface area contributed by atoms with Gasteiger partial charge in [-0.15, -0.1) is 0 Å². The van der Waals surface area contributed by atoms with E-state index in [4.69, 9.17) is 0 Å². The van der Waals surface area contributed by atoms with E-state index in [9.17, 15) is 30.8 Å². The van der Waals surface area contributed by atoms with E-state index in [1.54, 1.807) is 16.8 Å². The monoisotopic (exact) mass is 566 g/mol. The lowest BCUT2D eigenvalue weighted by Gasteiger charge is -2.27. The highest BCUT2D eigenvalue weighted by molar-refractivity contribution is 7.89. The molecule has 0 saturated carbocycles. The second-order valence-corrected chi connectivity index (χ2v) is 10.9. The van der Waals surface area contributed by atoms with Gasteiger partial charge in [0.25, 0.3) is 5.91 Å². The fourth-order valence-corrected chi connectivity index (χ4v) is 5.22. The molecule has 1 aliphatic rings. The number of nitrogens with zero attached hydrogens (tertiary/aromatic N) is 7. The third kappa shape index (κ3) is 4.85. The number of nitrogens with one attached hydrogen (secondary N) is 1. The first-order valence-electron chi connectivity index (χ1n) is 11.8. The third-order valence-electron chi connectivity index (χ3n) is 6.22. The number of pyridine rings is 1. The highest BCUT2D eigenvalue weighted by Gasteiger charge is 2.50. The van der Waals surface area contributed by atoms with E-state index in [-0.39, 0.29) is 30.2 Å². The van der Waals surface area contributed by atoms with E-state index in [0.29, 0.717) is 33.5 Å². The third-order valence-corrected chi connectivity index (χ3v) is 7.80. The van der Waals surface area contributed by atoms with Crippen molar-refractivity contribution in [3.63, 3.8) is 0 Å². The van der Waals surface area contributed by atoms with Crippen molar-refractivity contribution in [3.05, 3.63) is 64.7 Å². The molecule has 0 aliphatic carbocycles. The summed E-state index contributed by atoms with van der Waals surface area (Å²) in [6, 6.07) is 2.47. The van der Waals surface area contributed by atoms with Crippen LogP contribution < -0.4 is 5.32 Å². The molecule has 0 radical (unpaired) electrons. The van der Waals surface area contributed by atoms with Gasteiger partial charge in [-0.05, 0) is 36.6 Å². The van der Waals surface area contributed by atoms with Crippen molar-refractivity contribution in [1.29, 1.82) is 0 Å². The summed E-state index contributed by atoms with van der Waals surface area (Å²) in [5.41, 5.74) is -3.26. The van der Waals surface area contributed by atoms with E-state index in [2.05, 4.69) is 25.4 Å². The minimum atomic E-state index is -5.50. The van der Waals surface area contributed by atoms with Crippen LogP contribution in [0.3, 0.4) is 0 Å². The van der Waals surface area contributed by atoms with Crippen LogP contribution in [0.4, 0.5) is 17.6 Å². The number of alkyl halides is 3. The Morgan fingerprint density at radius 3 is 2.62 bits per heavy atom. The lowest BCUT2D eigenvalue weighted by molar-refractivity contribution is -0.0496. The van der Waals surface area contributed by atoms with Crippen LogP contribution in [0, 0.1) is 12.7 Å². The summed E-state index contributed by atoms with van der Waals surface area (Å²) >= 11 is 0. The van der Waals surface area contributed by atoms with Crippen LogP contribution in [0.25, 0.3) is 17.2 Å². The standard InChI is InChI=1S/C23H22F4N8O3S/c1-3-17-20(34-11-13(2)8-30-22(34)31-17)21(36)29-10-14-6-16(24)19(28-9-14)18-7-15-12-33(4-5-35(15)32-18)39(37,38)23(25,26)27/h6-9,11H,3-5,10,12H2,1-2H3,(H,29,36). The minimum Gasteiger partial charge on any atom is -0.347 e. The molecule has 5 heterocycles. The Bertz CT molecular complexity index is 1700. The Hall–Kier alpha value is -3.92. The summed E-state index contributed by atoms with van der Waals surface area (Å²) in [6.07, 6.45) is 5.25. The molecule has 0 spiro atoms. The molecular formula is C23H22F4N8O3S. The molecule has 0 fully saturated rings. The number of carbonyl (C=O) groups is 1. The van der Waals surface area contributed by atoms with Crippen LogP contribution in [0.15, 0.2) is 30.7 Å². The molecule has 0 unspecified atom stereocenters. The van der Waals surface area contributed by atoms with Crippen LogP contribution in [0.1, 0.15) is 39.9 Å². The van der Waals surface area contributed by atoms with Gasteiger partial charge in [-0.2, -0.15) is 22.6 Å². The lowest BCUT2D eigenvalue weighted by Crippen LogP contribution is -2.44. The molecule has 4 aromatic rings. The number of hydrogen-bond acceptors (Lipinski definition) is 7. The molecule has 1 N–H and O–H groups in total. The number of aromatic nitrogens is 6. The predicted molar refractivity (Wildman–Crippen MR) is 129 cm³/mol. The van der Waals surface area contributed by atoms with Crippen molar-refractivity contribution in [3.8, 4) is 11.4 Å². The van der Waals surface area contributed by atoms with Gasteiger partial charge in [-0.3, -0.25) is 18.9 Å². The summed E-state index contributed by atoms with van der Waals surface area (Å²) < 4.78 is 80.5. The topological polar surface area (TPSA) is 127 Å². The Morgan fingerprint density at radius 2 is 1.92 bits per heavy atom. The number of amides is 1. The molecule has 39 heavy (non-hydrogen) atoms. The molecule has 0 aromatic carbocycles. The van der Waals surface area contributed by atoms with Gasteiger partial charge in [0.2, 0.25) is 5.78 Å². The van der Waals surface area contributed by atoms with Gasteiger partial charge in [0.05, 0.1) is 24.5 Å². The summed E-state index contributed by atoms with van der Waals surface area (Å²) in [5.74, 6) is -0.793. The van der Waals surface area contributed by atoms with Crippen LogP contribution in [0.2, 0.25) is 0 Å². The highest BCUT2D eigenvalue weighted by atomic mass is 32.2. The number of carbonyl (C=O) groups excluding carboxylic acids is 1. The van der Waals surface area contributed by atoms with Crippen molar-refractivity contribution in [2.45, 2.75) is 45.4 Å². The number of imidazole rings is 1. The fraction of sp³-hybridized carbons (Fsp3) is 0.348. The first-order valence-corrected chi connectivity index (χ1v) is 13.2. The lowest BCUT2D eigenvalue weighted by atomic mass is 10.2. The number of hydrogen-bond donors (Lipinski definition) is 1. The number of aryl methyl sites for hydroxylation is 2. The van der Waals surface area contributed by atoms with E-state index >= 15 is 0 Å². The fourth-order valence-electron chi connectivity index (χ4n) is 4.30. The maximum Gasteiger partial charge on any atom is 0.511 e. The molecule has 1 amide bonds. The van der Waals surface area contributed by atoms with Gasteiger partial charge in [-0.1, -0.05) is 6.92 Å². The molecule has 16 heteroatoms. The molecule has 0 saturated heterocycles. The van der Waals surface area contributed by atoms with Crippen LogP contribution in [0.5, 0.6) is 0 Å². The van der Waals surface area contributed by atoms with Gasteiger partial charge in [0.15, 0.2) is 5.82 Å². The molecule has 5 rings (SSSR count). The van der Waals surface area contributed by atoms with Crippen molar-refractivity contribution >= 4 is 21.7 Å². The maximum atomic E-state index is 15.0. The van der Waals surface area contributed by atoms with Crippen molar-refractivity contribution in [2.24, 2.45) is 0 Å². The van der Waals surface area contributed by atoms with Gasteiger partial charge >= 0.3 is 15.5 Å². The Kier molecular flexibility index (Phi) is 6.62. The van der Waals surface area contributed by atoms with E-state index in [1.165, 1.54) is 23.0 Å². The first-order chi connectivity index (χ1) is 18.4. The number of rotatable bonds is 6. The smallest absolute Gasteiger partial charge is 0.347 e. The zero-order chi connectivity index (χ0) is 28.1. The van der Waals surface area contributed by atoms with E-state index in [1.807, 2.05) is 13.8 Å². The molecule has 11 nitrogen and oxygen atoms in total. The predicted octanol–water partition coefficient (Wildman–Crippen LogP) is 2.59. The SMILES string of the molecule is CCc1nc2ncc(C)cn2c1C(=O)NCc1cnc(-c2cc3n(n2)CCN(S(=O)(=O)C(F)(F)F)C3)c(F)c1. The average Bonchev–Trinajstić information content (AvgIpc) is 3.47. The summed E-state index contributed by atoms with van der Waals surface area (Å²) in [5, 5.41) is 6.92. The molecule has 0 bridgehead atoms. The molecule has 1 aliphatic heterocycles. The number of halogens is 4. The number of fused-ring (bicyclic) bond motifs is 2. The van der Waals surface area contributed by atoms with Gasteiger partial charge in [-0.25, -0.2) is 22.8 Å². The largest absolute Gasteiger partial charge is 0.511 e. The molecular weight excluding hydrogens is 544 g/mol. The molecule has 4 aromatic heterocycles. The van der Waals surface area contributed by atoms with Gasteiger partial charge in [0.1, 0.15) is 17.1 Å². The summed E-state index contributed by atoms with van der Waals surface area (Å²) in [7, 11) is -5.50. The summed E-state index contributed by atoms with van der Waals surface area (Å²) in [6.45, 7) is 2.55. The van der Waals surface area contributed by atoms with Crippen LogP contribution in [-0.4, -0.2) is 59.8 Å². The molecule has 0 atom stereocenters. The van der Waals surface area contributed by atoms with E-state index in [0.717, 1.165) is 5.56 Å². The van der Waals surface area contributed by atoms with Crippen LogP contribution >= 0.6 is 0 Å². The van der Waals surface area contributed by atoms with Crippen molar-refractivity contribution < 1.29 is 30.8 Å². The zero-order valence-electron chi connectivity index (χ0n) is 20.7. The van der Waals surface area contributed by atoms with Crippen molar-refractivity contribution in [1.82, 2.24) is 38.8 Å².